The van der Waals surface area contributed by atoms with Gasteiger partial charge in [-0.05, 0) is 32.0 Å². The quantitative estimate of drug-likeness (QED) is 0.271. The third-order valence-electron chi connectivity index (χ3n) is 5.27. The average molecular weight is 425 g/mol. The lowest BCUT2D eigenvalue weighted by Gasteiger charge is -2.20. The number of hydrogen-bond acceptors (Lipinski definition) is 9. The molecule has 1 fully saturated rings. The summed E-state index contributed by atoms with van der Waals surface area (Å²) in [5.74, 6) is -3.81. The van der Waals surface area contributed by atoms with Gasteiger partial charge in [-0.1, -0.05) is 24.3 Å². The summed E-state index contributed by atoms with van der Waals surface area (Å²) in [6.07, 6.45) is 0.609. The Morgan fingerprint density at radius 3 is 2.35 bits per heavy atom. The van der Waals surface area contributed by atoms with Gasteiger partial charge in [0.05, 0.1) is 11.5 Å². The summed E-state index contributed by atoms with van der Waals surface area (Å²) in [7, 11) is 0. The first-order chi connectivity index (χ1) is 15.0. The van der Waals surface area contributed by atoms with Crippen molar-refractivity contribution in [3.63, 3.8) is 0 Å². The zero-order chi connectivity index (χ0) is 22.0. The molecule has 0 unspecified atom stereocenters. The lowest BCUT2D eigenvalue weighted by atomic mass is 9.88. The van der Waals surface area contributed by atoms with Gasteiger partial charge in [-0.3, -0.25) is 24.0 Å². The number of hydrogen-bond donors (Lipinski definition) is 1. The molecule has 9 nitrogen and oxygen atoms in total. The summed E-state index contributed by atoms with van der Waals surface area (Å²) in [4.78, 5) is 61.3. The number of furan rings is 1. The Kier molecular flexibility index (Phi) is 5.77. The van der Waals surface area contributed by atoms with Crippen LogP contribution in [0.15, 0.2) is 34.7 Å². The fourth-order valence-electron chi connectivity index (χ4n) is 3.61. The molecule has 1 aromatic heterocycles. The number of ketones is 3. The molecule has 2 heterocycles. The molecule has 1 saturated heterocycles. The van der Waals surface area contributed by atoms with E-state index in [1.54, 1.807) is 12.1 Å². The maximum absolute atomic E-state index is 12.6. The Bertz CT molecular complexity index is 1020. The van der Waals surface area contributed by atoms with Gasteiger partial charge in [-0.15, -0.1) is 0 Å². The SMILES string of the molecule is O=C(CC(=O)c1cc2c(o1)C(=O)c1ccccc1C2=O)OCOC(=O)C1CCNCC1. The van der Waals surface area contributed by atoms with Gasteiger partial charge in [0.2, 0.25) is 18.4 Å². The lowest BCUT2D eigenvalue weighted by Crippen LogP contribution is -2.33. The van der Waals surface area contributed by atoms with Crippen molar-refractivity contribution in [2.75, 3.05) is 19.9 Å². The molecule has 2 aliphatic rings. The molecule has 2 aromatic rings. The van der Waals surface area contributed by atoms with Gasteiger partial charge in [-0.2, -0.15) is 0 Å². The monoisotopic (exact) mass is 425 g/mol. The van der Waals surface area contributed by atoms with Crippen LogP contribution in [-0.4, -0.2) is 49.2 Å². The van der Waals surface area contributed by atoms with Gasteiger partial charge in [0.15, 0.2) is 17.3 Å². The van der Waals surface area contributed by atoms with Gasteiger partial charge in [0.25, 0.3) is 0 Å². The summed E-state index contributed by atoms with van der Waals surface area (Å²) in [6.45, 7) is 0.852. The minimum absolute atomic E-state index is 0.0173. The molecule has 0 radical (unpaired) electrons. The van der Waals surface area contributed by atoms with E-state index >= 15 is 0 Å². The number of esters is 2. The summed E-state index contributed by atoms with van der Waals surface area (Å²) < 4.78 is 15.0. The summed E-state index contributed by atoms with van der Waals surface area (Å²) in [6, 6.07) is 7.45. The second kappa shape index (κ2) is 8.65. The fraction of sp³-hybridized carbons (Fsp3) is 0.318. The van der Waals surface area contributed by atoms with Crippen molar-refractivity contribution in [3.8, 4) is 0 Å². The molecule has 0 bridgehead atoms. The minimum Gasteiger partial charge on any atom is -0.449 e. The van der Waals surface area contributed by atoms with E-state index in [1.807, 2.05) is 0 Å². The number of Topliss-reactive ketones (excluding diaryl/α,β-unsaturated/α-hetero) is 1. The number of carbonyl (C=O) groups is 5. The normalized spacial score (nSPS) is 15.7. The van der Waals surface area contributed by atoms with Crippen molar-refractivity contribution in [1.82, 2.24) is 5.32 Å². The van der Waals surface area contributed by atoms with E-state index in [2.05, 4.69) is 5.32 Å². The van der Waals surface area contributed by atoms with E-state index in [1.165, 1.54) is 12.1 Å². The molecule has 1 aliphatic heterocycles. The number of ether oxygens (including phenoxy) is 2. The molecule has 0 spiro atoms. The number of fused-ring (bicyclic) bond motifs is 2. The van der Waals surface area contributed by atoms with Crippen LogP contribution in [0.4, 0.5) is 0 Å². The van der Waals surface area contributed by atoms with E-state index < -0.39 is 42.5 Å². The second-order valence-corrected chi connectivity index (χ2v) is 7.28. The Morgan fingerprint density at radius 1 is 0.968 bits per heavy atom. The van der Waals surface area contributed by atoms with Gasteiger partial charge >= 0.3 is 11.9 Å². The number of piperidine rings is 1. The number of rotatable bonds is 6. The topological polar surface area (TPSA) is 129 Å². The minimum atomic E-state index is -0.918. The van der Waals surface area contributed by atoms with E-state index in [-0.39, 0.29) is 34.1 Å². The molecule has 4 rings (SSSR count). The molecular formula is C22H19NO8. The Labute approximate surface area is 176 Å². The zero-order valence-electron chi connectivity index (χ0n) is 16.5. The van der Waals surface area contributed by atoms with Crippen molar-refractivity contribution >= 4 is 29.3 Å². The third-order valence-corrected chi connectivity index (χ3v) is 5.27. The standard InChI is InChI=1S/C22H19NO8/c24-16(10-18(25)29-11-30-22(28)12-5-7-23-8-6-12)17-9-15-19(26)13-3-1-2-4-14(13)20(27)21(15)31-17/h1-4,9,12,23H,5-8,10-11H2. The lowest BCUT2D eigenvalue weighted by molar-refractivity contribution is -0.170. The van der Waals surface area contributed by atoms with Crippen LogP contribution in [0.2, 0.25) is 0 Å². The molecule has 1 N–H and O–H groups in total. The van der Waals surface area contributed by atoms with Crippen LogP contribution < -0.4 is 5.32 Å². The highest BCUT2D eigenvalue weighted by atomic mass is 16.7. The molecule has 1 aliphatic carbocycles. The predicted octanol–water partition coefficient (Wildman–Crippen LogP) is 1.67. The molecule has 1 aromatic carbocycles. The summed E-state index contributed by atoms with van der Waals surface area (Å²) in [5, 5.41) is 3.13. The van der Waals surface area contributed by atoms with E-state index in [0.29, 0.717) is 12.8 Å². The van der Waals surface area contributed by atoms with Crippen LogP contribution in [0.25, 0.3) is 0 Å². The summed E-state index contributed by atoms with van der Waals surface area (Å²) >= 11 is 0. The van der Waals surface area contributed by atoms with Gasteiger partial charge in [-0.25, -0.2) is 0 Å². The van der Waals surface area contributed by atoms with E-state index in [4.69, 9.17) is 13.9 Å². The van der Waals surface area contributed by atoms with Crippen molar-refractivity contribution in [2.45, 2.75) is 19.3 Å². The molecule has 31 heavy (non-hydrogen) atoms. The first-order valence-electron chi connectivity index (χ1n) is 9.84. The molecule has 0 atom stereocenters. The van der Waals surface area contributed by atoms with Crippen LogP contribution in [-0.2, 0) is 19.1 Å². The molecule has 9 heteroatoms. The van der Waals surface area contributed by atoms with Crippen molar-refractivity contribution < 1.29 is 37.9 Å². The molecule has 0 amide bonds. The van der Waals surface area contributed by atoms with Crippen LogP contribution in [0, 0.1) is 5.92 Å². The van der Waals surface area contributed by atoms with Crippen LogP contribution >= 0.6 is 0 Å². The van der Waals surface area contributed by atoms with Crippen LogP contribution in [0.1, 0.15) is 61.9 Å². The summed E-state index contributed by atoms with van der Waals surface area (Å²) in [5.41, 5.74) is 0.411. The van der Waals surface area contributed by atoms with Gasteiger partial charge in [0, 0.05) is 11.1 Å². The average Bonchev–Trinajstić information content (AvgIpc) is 3.24. The second-order valence-electron chi connectivity index (χ2n) is 7.28. The zero-order valence-corrected chi connectivity index (χ0v) is 16.5. The van der Waals surface area contributed by atoms with Crippen molar-refractivity contribution in [3.05, 3.63) is 58.5 Å². The number of nitrogens with one attached hydrogen (secondary N) is 1. The number of benzene rings is 1. The smallest absolute Gasteiger partial charge is 0.316 e. The predicted molar refractivity (Wildman–Crippen MR) is 104 cm³/mol. The largest absolute Gasteiger partial charge is 0.449 e. The first kappa shape index (κ1) is 20.7. The van der Waals surface area contributed by atoms with Gasteiger partial charge < -0.3 is 19.2 Å². The highest BCUT2D eigenvalue weighted by Gasteiger charge is 2.34. The van der Waals surface area contributed by atoms with Crippen LogP contribution in [0.3, 0.4) is 0 Å². The van der Waals surface area contributed by atoms with Crippen LogP contribution in [0.5, 0.6) is 0 Å². The van der Waals surface area contributed by atoms with E-state index in [9.17, 15) is 24.0 Å². The maximum atomic E-state index is 12.6. The first-order valence-corrected chi connectivity index (χ1v) is 9.84. The Hall–Kier alpha value is -3.59. The van der Waals surface area contributed by atoms with Crippen molar-refractivity contribution in [1.29, 1.82) is 0 Å². The molecular weight excluding hydrogens is 406 g/mol. The maximum Gasteiger partial charge on any atom is 0.316 e. The third kappa shape index (κ3) is 4.17. The Balaban J connectivity index is 1.34. The van der Waals surface area contributed by atoms with Gasteiger partial charge in [0.1, 0.15) is 6.42 Å². The van der Waals surface area contributed by atoms with Crippen molar-refractivity contribution in [2.24, 2.45) is 5.92 Å². The molecule has 160 valence electrons. The highest BCUT2D eigenvalue weighted by Crippen LogP contribution is 2.30. The highest BCUT2D eigenvalue weighted by molar-refractivity contribution is 6.28. The van der Waals surface area contributed by atoms with E-state index in [0.717, 1.165) is 19.2 Å². The number of carbonyl (C=O) groups excluding carboxylic acids is 5. The fourth-order valence-corrected chi connectivity index (χ4v) is 3.61. The Morgan fingerprint density at radius 2 is 1.65 bits per heavy atom. The molecule has 0 saturated carbocycles.